The predicted octanol–water partition coefficient (Wildman–Crippen LogP) is 7.22. The van der Waals surface area contributed by atoms with E-state index in [1.54, 1.807) is 0 Å². The molecule has 0 aromatic carbocycles. The molecule has 0 heterocycles. The molecule has 0 amide bonds. The summed E-state index contributed by atoms with van der Waals surface area (Å²) in [4.78, 5) is 0. The maximum absolute atomic E-state index is 11.1. The van der Waals surface area contributed by atoms with Crippen molar-refractivity contribution in [3.63, 3.8) is 0 Å². The first-order valence-corrected chi connectivity index (χ1v) is 14.1. The Bertz CT molecular complexity index is 252. The molecule has 6 heteroatoms. The number of hydrogen-bond acceptors (Lipinski definition) is 0. The molecule has 0 atom stereocenters. The van der Waals surface area contributed by atoms with Gasteiger partial charge in [-0.05, 0) is 15.5 Å². The van der Waals surface area contributed by atoms with Gasteiger partial charge in [-0.3, -0.25) is 0 Å². The predicted molar refractivity (Wildman–Crippen MR) is 87.1 cm³/mol. The number of rotatable bonds is 0. The number of hydrogen-bond donors (Lipinski definition) is 0. The van der Waals surface area contributed by atoms with Gasteiger partial charge < -0.3 is 5.16 Å². The molecular weight excluding hydrogens is 343 g/mol. The molecule has 1 nitrogen and oxygen atoms in total. The zero-order chi connectivity index (χ0) is 15.6. The minimum absolute atomic E-state index is 0.0104. The second kappa shape index (κ2) is 7.19. The van der Waals surface area contributed by atoms with E-state index in [4.69, 9.17) is 27.9 Å². The van der Waals surface area contributed by atoms with Crippen molar-refractivity contribution in [3.8, 4) is 0 Å². The summed E-state index contributed by atoms with van der Waals surface area (Å²) in [6, 6.07) is 0. The van der Waals surface area contributed by atoms with E-state index in [0.717, 1.165) is 0 Å². The fraction of sp³-hybridized carbons (Fsp3) is 1.00. The summed E-state index contributed by atoms with van der Waals surface area (Å²) >= 11 is -1.92. The van der Waals surface area contributed by atoms with Crippen LogP contribution in [0, 0.1) is 0 Å². The van der Waals surface area contributed by atoms with E-state index in [1.807, 2.05) is 0 Å². The van der Waals surface area contributed by atoms with Crippen LogP contribution in [-0.4, -0.2) is 15.5 Å². The molecule has 0 aliphatic rings. The third-order valence-corrected chi connectivity index (χ3v) is 8.74. The Labute approximate surface area is 132 Å². The second-order valence-electron chi connectivity index (χ2n) is 7.36. The van der Waals surface area contributed by atoms with Crippen LogP contribution < -0.4 is 0 Å². The minimum atomic E-state index is -2.02. The van der Waals surface area contributed by atoms with Gasteiger partial charge >= 0.3 is 42.6 Å². The molecule has 0 saturated carbocycles. The van der Waals surface area contributed by atoms with Crippen molar-refractivity contribution >= 4 is 35.0 Å². The summed E-state index contributed by atoms with van der Waals surface area (Å²) in [7, 11) is 12.9. The van der Waals surface area contributed by atoms with Crippen molar-refractivity contribution in [2.24, 2.45) is 0 Å². The Balaban J connectivity index is 0. The molecule has 0 rings (SSSR count). The van der Waals surface area contributed by atoms with Crippen LogP contribution in [0.3, 0.4) is 0 Å². The second-order valence-corrected chi connectivity index (χ2v) is 20.4. The first kappa shape index (κ1) is 22.1. The Morgan fingerprint density at radius 2 is 0.778 bits per heavy atom. The van der Waals surface area contributed by atoms with Gasteiger partial charge in [-0.1, -0.05) is 62.3 Å². The van der Waals surface area contributed by atoms with Gasteiger partial charge in [-0.2, -0.15) is 0 Å². The number of nitrogens with zero attached hydrogens (tertiary/aromatic N) is 1. The molecule has 0 N–H and O–H groups in total. The summed E-state index contributed by atoms with van der Waals surface area (Å²) in [6.45, 7) is 19.5. The fourth-order valence-corrected chi connectivity index (χ4v) is 9.06. The van der Waals surface area contributed by atoms with E-state index in [-0.39, 0.29) is 15.5 Å². The average molecular weight is 371 g/mol. The van der Waals surface area contributed by atoms with Gasteiger partial charge in [0.2, 0.25) is 0 Å². The van der Waals surface area contributed by atoms with Crippen molar-refractivity contribution in [3.05, 3.63) is 5.16 Å². The van der Waals surface area contributed by atoms with Gasteiger partial charge in [0.15, 0.2) is 0 Å². The maximum atomic E-state index is 11.1. The summed E-state index contributed by atoms with van der Waals surface area (Å²) in [5.74, 6) is 0. The van der Waals surface area contributed by atoms with Crippen LogP contribution in [-0.2, 0) is 14.7 Å². The van der Waals surface area contributed by atoms with E-state index in [1.165, 1.54) is 0 Å². The van der Waals surface area contributed by atoms with E-state index in [2.05, 4.69) is 62.3 Å². The zero-order valence-corrected chi connectivity index (χ0v) is 17.8. The van der Waals surface area contributed by atoms with Gasteiger partial charge in [0.25, 0.3) is 0 Å². The Morgan fingerprint density at radius 1 is 0.667 bits per heavy atom. The molecule has 110 valence electrons. The summed E-state index contributed by atoms with van der Waals surface area (Å²) in [6.07, 6.45) is 0. The SMILES string of the molecule is CC(C)(C)P(=[N-])(C(C)(C)C)C(C)(C)C.[Cl][Ti+]([Cl])[Cl]. The summed E-state index contributed by atoms with van der Waals surface area (Å²) < 4.78 is 0. The van der Waals surface area contributed by atoms with Gasteiger partial charge in [-0.25, -0.2) is 7.05 Å². The Morgan fingerprint density at radius 3 is 0.778 bits per heavy atom. The van der Waals surface area contributed by atoms with Crippen LogP contribution in [0.4, 0.5) is 0 Å². The number of halogens is 3. The zero-order valence-electron chi connectivity index (χ0n) is 13.0. The van der Waals surface area contributed by atoms with Crippen molar-refractivity contribution in [1.29, 1.82) is 0 Å². The van der Waals surface area contributed by atoms with E-state index in [9.17, 15) is 5.16 Å². The van der Waals surface area contributed by atoms with Gasteiger partial charge in [0, 0.05) is 0 Å². The average Bonchev–Trinajstić information content (AvgIpc) is 1.94. The van der Waals surface area contributed by atoms with E-state index < -0.39 is 21.7 Å². The van der Waals surface area contributed by atoms with E-state index >= 15 is 0 Å². The molecule has 0 aliphatic carbocycles. The Kier molecular flexibility index (Phi) is 8.83. The molecule has 0 unspecified atom stereocenters. The molecule has 0 fully saturated rings. The monoisotopic (exact) mass is 369 g/mol. The van der Waals surface area contributed by atoms with Crippen LogP contribution in [0.25, 0.3) is 5.16 Å². The molecule has 0 spiro atoms. The van der Waals surface area contributed by atoms with Crippen molar-refractivity contribution in [2.75, 3.05) is 0 Å². The standard InChI is InChI=1S/C12H27NP.3ClH.Ti/c1-10(2,3)14(13,11(4,5)6)12(7,8)9;;;;/h1-9H3;3*1H;/q-1;;;;+4/p-3. The quantitative estimate of drug-likeness (QED) is 0.317. The third kappa shape index (κ3) is 6.07. The molecule has 0 aliphatic heterocycles. The van der Waals surface area contributed by atoms with Crippen LogP contribution in [0.2, 0.25) is 0 Å². The third-order valence-electron chi connectivity index (χ3n) is 2.91. The van der Waals surface area contributed by atoms with Crippen molar-refractivity contribution in [2.45, 2.75) is 77.8 Å². The van der Waals surface area contributed by atoms with Crippen LogP contribution in [0.5, 0.6) is 0 Å². The normalized spacial score (nSPS) is 13.8. The topological polar surface area (TPSA) is 22.3 Å². The molecule has 0 aromatic rings. The van der Waals surface area contributed by atoms with Crippen molar-refractivity contribution < 1.29 is 14.7 Å². The summed E-state index contributed by atoms with van der Waals surface area (Å²) in [5.41, 5.74) is 0. The molecule has 0 bridgehead atoms. The van der Waals surface area contributed by atoms with Crippen molar-refractivity contribution in [1.82, 2.24) is 0 Å². The first-order valence-electron chi connectivity index (χ1n) is 5.94. The molecule has 0 radical (unpaired) electrons. The van der Waals surface area contributed by atoms with Crippen LogP contribution in [0.15, 0.2) is 0 Å². The van der Waals surface area contributed by atoms with Crippen LogP contribution in [0.1, 0.15) is 62.3 Å². The van der Waals surface area contributed by atoms with E-state index in [0.29, 0.717) is 0 Å². The Hall–Kier alpha value is 1.81. The van der Waals surface area contributed by atoms with Gasteiger partial charge in [0.05, 0.1) is 0 Å². The first-order chi connectivity index (χ1) is 7.48. The summed E-state index contributed by atoms with van der Waals surface area (Å²) in [5, 5.41) is 11.1. The van der Waals surface area contributed by atoms with Crippen LogP contribution >= 0.6 is 35.0 Å². The molecule has 0 saturated heterocycles. The fourth-order valence-electron chi connectivity index (χ4n) is 3.02. The van der Waals surface area contributed by atoms with Gasteiger partial charge in [0.1, 0.15) is 0 Å². The molecular formula is C12H27Cl3NPTi. The van der Waals surface area contributed by atoms with Gasteiger partial charge in [-0.15, -0.1) is 0 Å². The molecule has 0 aromatic heterocycles. The molecule has 18 heavy (non-hydrogen) atoms.